The van der Waals surface area contributed by atoms with Gasteiger partial charge in [-0.1, -0.05) is 23.2 Å². The van der Waals surface area contributed by atoms with Crippen LogP contribution in [0.15, 0.2) is 18.2 Å². The highest BCUT2D eigenvalue weighted by Crippen LogP contribution is 2.24. The Hall–Kier alpha value is -0.720. The van der Waals surface area contributed by atoms with E-state index in [0.29, 0.717) is 15.7 Å². The summed E-state index contributed by atoms with van der Waals surface area (Å²) in [6, 6.07) is 4.50. The van der Waals surface area contributed by atoms with Crippen molar-refractivity contribution in [3.63, 3.8) is 0 Å². The molecule has 1 fully saturated rings. The van der Waals surface area contributed by atoms with Crippen molar-refractivity contribution in [2.45, 2.75) is 18.2 Å². The molecular formula is C11H13Cl3N4O. The Morgan fingerprint density at radius 1 is 1.32 bits per heavy atom. The smallest absolute Gasteiger partial charge is 0.310 e. The van der Waals surface area contributed by atoms with E-state index < -0.39 is 0 Å². The molecule has 5 nitrogen and oxygen atoms in total. The van der Waals surface area contributed by atoms with Crippen LogP contribution in [0.4, 0.5) is 10.5 Å². The third kappa shape index (κ3) is 4.40. The Morgan fingerprint density at radius 3 is 2.79 bits per heavy atom. The van der Waals surface area contributed by atoms with Crippen molar-refractivity contribution in [2.24, 2.45) is 0 Å². The van der Waals surface area contributed by atoms with Crippen LogP contribution in [0.25, 0.3) is 0 Å². The minimum Gasteiger partial charge on any atom is -0.310 e. The van der Waals surface area contributed by atoms with E-state index in [1.54, 1.807) is 18.2 Å². The standard InChI is InChI=1S/C11H13Cl3N4O/c12-7-2-1-6(5-8(7)13)16-11(19)18-10-15-4-3-9(14)17-10/h1-2,5,9-10,15,17H,3-4H2,(H2,16,18,19). The maximum Gasteiger partial charge on any atom is 0.321 e. The molecule has 19 heavy (non-hydrogen) atoms. The molecule has 1 aliphatic heterocycles. The van der Waals surface area contributed by atoms with Crippen LogP contribution >= 0.6 is 34.8 Å². The number of hydrogen-bond donors (Lipinski definition) is 4. The number of anilines is 1. The van der Waals surface area contributed by atoms with Crippen LogP contribution in [0.5, 0.6) is 0 Å². The largest absolute Gasteiger partial charge is 0.321 e. The molecule has 2 rings (SSSR count). The van der Waals surface area contributed by atoms with Gasteiger partial charge in [-0.2, -0.15) is 0 Å². The van der Waals surface area contributed by atoms with Gasteiger partial charge in [0.05, 0.1) is 15.5 Å². The van der Waals surface area contributed by atoms with Crippen molar-refractivity contribution in [2.75, 3.05) is 11.9 Å². The van der Waals surface area contributed by atoms with Gasteiger partial charge in [0, 0.05) is 12.2 Å². The Morgan fingerprint density at radius 2 is 2.11 bits per heavy atom. The SMILES string of the molecule is O=C(Nc1ccc(Cl)c(Cl)c1)NC1NCCC(Cl)N1. The van der Waals surface area contributed by atoms with Gasteiger partial charge in [-0.15, -0.1) is 11.6 Å². The van der Waals surface area contributed by atoms with Crippen LogP contribution in [0.1, 0.15) is 6.42 Å². The molecule has 2 amide bonds. The number of nitrogens with one attached hydrogen (secondary N) is 4. The number of urea groups is 1. The van der Waals surface area contributed by atoms with Crippen LogP contribution < -0.4 is 21.3 Å². The summed E-state index contributed by atoms with van der Waals surface area (Å²) in [5.74, 6) is 0. The van der Waals surface area contributed by atoms with Crippen LogP contribution in [-0.4, -0.2) is 24.4 Å². The molecule has 2 atom stereocenters. The molecule has 0 aromatic heterocycles. The monoisotopic (exact) mass is 322 g/mol. The normalized spacial score (nSPS) is 22.9. The second kappa shape index (κ2) is 6.63. The van der Waals surface area contributed by atoms with E-state index in [9.17, 15) is 4.79 Å². The minimum absolute atomic E-state index is 0.156. The number of amides is 2. The maximum absolute atomic E-state index is 11.8. The summed E-state index contributed by atoms with van der Waals surface area (Å²) in [5, 5.41) is 12.2. The first-order valence-electron chi connectivity index (χ1n) is 5.70. The zero-order valence-corrected chi connectivity index (χ0v) is 12.1. The van der Waals surface area contributed by atoms with E-state index >= 15 is 0 Å². The lowest BCUT2D eigenvalue weighted by Crippen LogP contribution is -2.61. The first-order valence-corrected chi connectivity index (χ1v) is 6.90. The second-order valence-corrected chi connectivity index (χ2v) is 5.38. The van der Waals surface area contributed by atoms with Gasteiger partial charge >= 0.3 is 6.03 Å². The fourth-order valence-electron chi connectivity index (χ4n) is 1.64. The third-order valence-corrected chi connectivity index (χ3v) is 3.63. The number of benzene rings is 1. The predicted octanol–water partition coefficient (Wildman–Crippen LogP) is 2.55. The van der Waals surface area contributed by atoms with E-state index in [0.717, 1.165) is 13.0 Å². The number of carbonyl (C=O) groups is 1. The van der Waals surface area contributed by atoms with Gasteiger partial charge in [0.2, 0.25) is 0 Å². The number of halogens is 3. The van der Waals surface area contributed by atoms with Gasteiger partial charge in [0.1, 0.15) is 6.29 Å². The van der Waals surface area contributed by atoms with Crippen LogP contribution in [0.2, 0.25) is 10.0 Å². The summed E-state index contributed by atoms with van der Waals surface area (Å²) in [4.78, 5) is 11.8. The maximum atomic E-state index is 11.8. The van der Waals surface area contributed by atoms with Crippen molar-refractivity contribution in [1.82, 2.24) is 16.0 Å². The highest BCUT2D eigenvalue weighted by atomic mass is 35.5. The van der Waals surface area contributed by atoms with E-state index in [2.05, 4.69) is 21.3 Å². The lowest BCUT2D eigenvalue weighted by atomic mass is 10.3. The third-order valence-electron chi connectivity index (χ3n) is 2.55. The Labute approximate surface area is 126 Å². The first kappa shape index (κ1) is 14.7. The van der Waals surface area contributed by atoms with Crippen molar-refractivity contribution in [1.29, 1.82) is 0 Å². The molecule has 0 spiro atoms. The Kier molecular flexibility index (Phi) is 5.13. The summed E-state index contributed by atoms with van der Waals surface area (Å²) in [6.07, 6.45) is 0.438. The zero-order valence-electron chi connectivity index (χ0n) is 9.84. The molecule has 1 aromatic rings. The molecule has 0 radical (unpaired) electrons. The highest BCUT2D eigenvalue weighted by molar-refractivity contribution is 6.42. The average Bonchev–Trinajstić information content (AvgIpc) is 2.34. The minimum atomic E-state index is -0.367. The molecule has 0 bridgehead atoms. The van der Waals surface area contributed by atoms with Gasteiger partial charge in [-0.3, -0.25) is 10.6 Å². The molecule has 104 valence electrons. The predicted molar refractivity (Wildman–Crippen MR) is 77.8 cm³/mol. The number of carbonyl (C=O) groups excluding carboxylic acids is 1. The number of alkyl halides is 1. The van der Waals surface area contributed by atoms with Gasteiger partial charge in [-0.05, 0) is 24.6 Å². The number of rotatable bonds is 2. The fraction of sp³-hybridized carbons (Fsp3) is 0.364. The van der Waals surface area contributed by atoms with E-state index in [-0.39, 0.29) is 17.8 Å². The van der Waals surface area contributed by atoms with E-state index in [4.69, 9.17) is 34.8 Å². The van der Waals surface area contributed by atoms with E-state index in [1.165, 1.54) is 0 Å². The average molecular weight is 324 g/mol. The molecule has 2 unspecified atom stereocenters. The lowest BCUT2D eigenvalue weighted by molar-refractivity contribution is 0.235. The first-order chi connectivity index (χ1) is 9.04. The van der Waals surface area contributed by atoms with Crippen LogP contribution in [0.3, 0.4) is 0 Å². The molecule has 8 heteroatoms. The Bertz CT molecular complexity index is 471. The molecule has 0 aliphatic carbocycles. The van der Waals surface area contributed by atoms with Gasteiger partial charge < -0.3 is 10.6 Å². The van der Waals surface area contributed by atoms with Crippen LogP contribution in [0, 0.1) is 0 Å². The number of hydrogen-bond acceptors (Lipinski definition) is 3. The van der Waals surface area contributed by atoms with Crippen molar-refractivity contribution < 1.29 is 4.79 Å². The van der Waals surface area contributed by atoms with Crippen LogP contribution in [-0.2, 0) is 0 Å². The summed E-state index contributed by atoms with van der Waals surface area (Å²) >= 11 is 17.6. The fourth-order valence-corrected chi connectivity index (χ4v) is 2.18. The molecular weight excluding hydrogens is 311 g/mol. The summed E-state index contributed by atoms with van der Waals surface area (Å²) in [6.45, 7) is 0.735. The zero-order chi connectivity index (χ0) is 13.8. The summed E-state index contributed by atoms with van der Waals surface area (Å²) in [7, 11) is 0. The lowest BCUT2D eigenvalue weighted by Gasteiger charge is -2.29. The second-order valence-electron chi connectivity index (χ2n) is 4.04. The summed E-state index contributed by atoms with van der Waals surface area (Å²) < 4.78 is 0. The molecule has 1 heterocycles. The molecule has 1 saturated heterocycles. The topological polar surface area (TPSA) is 65.2 Å². The molecule has 0 saturated carbocycles. The van der Waals surface area contributed by atoms with Crippen molar-refractivity contribution in [3.05, 3.63) is 28.2 Å². The molecule has 4 N–H and O–H groups in total. The highest BCUT2D eigenvalue weighted by Gasteiger charge is 2.19. The van der Waals surface area contributed by atoms with E-state index in [1.807, 2.05) is 0 Å². The van der Waals surface area contributed by atoms with Crippen molar-refractivity contribution in [3.8, 4) is 0 Å². The van der Waals surface area contributed by atoms with Gasteiger partial charge in [0.25, 0.3) is 0 Å². The van der Waals surface area contributed by atoms with Crippen molar-refractivity contribution >= 4 is 46.5 Å². The van der Waals surface area contributed by atoms with Gasteiger partial charge in [-0.25, -0.2) is 4.79 Å². The molecule has 1 aliphatic rings. The quantitative estimate of drug-likeness (QED) is 0.499. The summed E-state index contributed by atoms with van der Waals surface area (Å²) in [5.41, 5.74) is 0.404. The molecule has 1 aromatic carbocycles. The van der Waals surface area contributed by atoms with Gasteiger partial charge in [0.15, 0.2) is 0 Å². The Balaban J connectivity index is 1.88.